The Bertz CT molecular complexity index is 192. The molecule has 1 unspecified atom stereocenters. The molecule has 0 rings (SSSR count). The fraction of sp³-hybridized carbons (Fsp3) is 0.778. The highest BCUT2D eigenvalue weighted by molar-refractivity contribution is 5.86. The van der Waals surface area contributed by atoms with Gasteiger partial charge in [0.05, 0.1) is 6.04 Å². The average molecular weight is 186 g/mol. The quantitative estimate of drug-likeness (QED) is 0.621. The molecule has 13 heavy (non-hydrogen) atoms. The largest absolute Gasteiger partial charge is 0.370 e. The number of primary amides is 1. The lowest BCUT2D eigenvalue weighted by Crippen LogP contribution is -2.35. The number of hydrogen-bond donors (Lipinski definition) is 2. The van der Waals surface area contributed by atoms with Crippen molar-refractivity contribution in [3.63, 3.8) is 0 Å². The van der Waals surface area contributed by atoms with Crippen LogP contribution in [0.2, 0.25) is 0 Å². The fourth-order valence-corrected chi connectivity index (χ4v) is 1.01. The summed E-state index contributed by atoms with van der Waals surface area (Å²) in [6.07, 6.45) is 1.32. The number of hydrogen-bond acceptors (Lipinski definition) is 3. The summed E-state index contributed by atoms with van der Waals surface area (Å²) < 4.78 is 0. The average Bonchev–Trinajstić information content (AvgIpc) is 2.11. The predicted molar refractivity (Wildman–Crippen MR) is 50.9 cm³/mol. The second kappa shape index (κ2) is 5.70. The molecule has 0 aromatic carbocycles. The lowest BCUT2D eigenvalue weighted by atomic mass is 9.95. The molecular formula is C9H18N2O2. The van der Waals surface area contributed by atoms with Gasteiger partial charge in [-0.2, -0.15) is 0 Å². The van der Waals surface area contributed by atoms with E-state index in [1.54, 1.807) is 0 Å². The Kier molecular flexibility index (Phi) is 5.30. The molecule has 0 heterocycles. The summed E-state index contributed by atoms with van der Waals surface area (Å²) in [4.78, 5) is 21.8. The van der Waals surface area contributed by atoms with Crippen LogP contribution in [-0.4, -0.2) is 17.7 Å². The maximum atomic E-state index is 11.4. The first-order valence-electron chi connectivity index (χ1n) is 4.56. The SMILES string of the molecule is CCC(C)C(=O)[C@H](N)CCC(N)=O. The van der Waals surface area contributed by atoms with Crippen molar-refractivity contribution in [2.24, 2.45) is 17.4 Å². The van der Waals surface area contributed by atoms with Gasteiger partial charge in [0.15, 0.2) is 5.78 Å². The summed E-state index contributed by atoms with van der Waals surface area (Å²) in [5, 5.41) is 0. The van der Waals surface area contributed by atoms with Gasteiger partial charge in [-0.1, -0.05) is 13.8 Å². The van der Waals surface area contributed by atoms with E-state index in [1.165, 1.54) is 0 Å². The maximum Gasteiger partial charge on any atom is 0.217 e. The molecule has 4 heteroatoms. The van der Waals surface area contributed by atoms with Crippen molar-refractivity contribution in [3.05, 3.63) is 0 Å². The molecule has 0 radical (unpaired) electrons. The van der Waals surface area contributed by atoms with Crippen molar-refractivity contribution in [2.75, 3.05) is 0 Å². The smallest absolute Gasteiger partial charge is 0.217 e. The van der Waals surface area contributed by atoms with Gasteiger partial charge in [0.25, 0.3) is 0 Å². The van der Waals surface area contributed by atoms with Gasteiger partial charge in [-0.15, -0.1) is 0 Å². The Hall–Kier alpha value is -0.900. The number of nitrogens with two attached hydrogens (primary N) is 2. The van der Waals surface area contributed by atoms with Crippen LogP contribution in [0.15, 0.2) is 0 Å². The Labute approximate surface area is 78.7 Å². The summed E-state index contributed by atoms with van der Waals surface area (Å²) in [5.74, 6) is -0.418. The van der Waals surface area contributed by atoms with Gasteiger partial charge >= 0.3 is 0 Å². The van der Waals surface area contributed by atoms with Crippen LogP contribution >= 0.6 is 0 Å². The molecule has 0 bridgehead atoms. The third-order valence-electron chi connectivity index (χ3n) is 2.17. The third kappa shape index (κ3) is 4.62. The van der Waals surface area contributed by atoms with Crippen molar-refractivity contribution in [1.82, 2.24) is 0 Å². The van der Waals surface area contributed by atoms with E-state index < -0.39 is 11.9 Å². The minimum absolute atomic E-state index is 0.0174. The van der Waals surface area contributed by atoms with Crippen molar-refractivity contribution < 1.29 is 9.59 Å². The molecule has 0 aromatic rings. The monoisotopic (exact) mass is 186 g/mol. The van der Waals surface area contributed by atoms with Crippen molar-refractivity contribution in [3.8, 4) is 0 Å². The molecule has 4 N–H and O–H groups in total. The molecule has 4 nitrogen and oxygen atoms in total. The van der Waals surface area contributed by atoms with E-state index in [0.717, 1.165) is 6.42 Å². The first-order valence-corrected chi connectivity index (χ1v) is 4.56. The maximum absolute atomic E-state index is 11.4. The number of carbonyl (C=O) groups excluding carboxylic acids is 2. The highest BCUT2D eigenvalue weighted by Gasteiger charge is 2.18. The Morgan fingerprint density at radius 2 is 1.92 bits per heavy atom. The van der Waals surface area contributed by atoms with Gasteiger partial charge in [0.2, 0.25) is 5.91 Å². The predicted octanol–water partition coefficient (Wildman–Crippen LogP) is 0.194. The molecule has 0 aliphatic carbocycles. The zero-order valence-corrected chi connectivity index (χ0v) is 8.25. The number of Topliss-reactive ketones (excluding diaryl/α,β-unsaturated/α-hetero) is 1. The summed E-state index contributed by atoms with van der Waals surface area (Å²) >= 11 is 0. The van der Waals surface area contributed by atoms with E-state index in [1.807, 2.05) is 13.8 Å². The van der Waals surface area contributed by atoms with E-state index in [0.29, 0.717) is 6.42 Å². The molecule has 1 amide bonds. The van der Waals surface area contributed by atoms with Crippen LogP contribution < -0.4 is 11.5 Å². The molecule has 0 aliphatic rings. The molecular weight excluding hydrogens is 168 g/mol. The van der Waals surface area contributed by atoms with Crippen LogP contribution in [0.1, 0.15) is 33.1 Å². The minimum atomic E-state index is -0.539. The van der Waals surface area contributed by atoms with Gasteiger partial charge in [-0.05, 0) is 12.8 Å². The molecule has 0 spiro atoms. The summed E-state index contributed by atoms with van der Waals surface area (Å²) in [6, 6.07) is -0.539. The first kappa shape index (κ1) is 12.1. The van der Waals surface area contributed by atoms with E-state index in [4.69, 9.17) is 11.5 Å². The van der Waals surface area contributed by atoms with Crippen molar-refractivity contribution in [1.29, 1.82) is 0 Å². The van der Waals surface area contributed by atoms with E-state index >= 15 is 0 Å². The zero-order valence-electron chi connectivity index (χ0n) is 8.25. The van der Waals surface area contributed by atoms with Gasteiger partial charge in [-0.25, -0.2) is 0 Å². The van der Waals surface area contributed by atoms with Gasteiger partial charge in [0.1, 0.15) is 0 Å². The topological polar surface area (TPSA) is 86.2 Å². The van der Waals surface area contributed by atoms with Crippen LogP contribution in [0, 0.1) is 5.92 Å². The summed E-state index contributed by atoms with van der Waals surface area (Å²) in [6.45, 7) is 3.77. The van der Waals surface area contributed by atoms with Crippen LogP contribution in [-0.2, 0) is 9.59 Å². The zero-order chi connectivity index (χ0) is 10.4. The fourth-order valence-electron chi connectivity index (χ4n) is 1.01. The molecule has 0 aromatic heterocycles. The third-order valence-corrected chi connectivity index (χ3v) is 2.17. The second-order valence-electron chi connectivity index (χ2n) is 3.32. The van der Waals surface area contributed by atoms with Crippen molar-refractivity contribution in [2.45, 2.75) is 39.2 Å². The Balaban J connectivity index is 3.89. The first-order chi connectivity index (χ1) is 5.99. The summed E-state index contributed by atoms with van der Waals surface area (Å²) in [5.41, 5.74) is 10.5. The van der Waals surface area contributed by atoms with E-state index in [-0.39, 0.29) is 18.1 Å². The Morgan fingerprint density at radius 3 is 2.31 bits per heavy atom. The molecule has 0 saturated heterocycles. The normalized spacial score (nSPS) is 15.0. The van der Waals surface area contributed by atoms with E-state index in [9.17, 15) is 9.59 Å². The number of amides is 1. The Morgan fingerprint density at radius 1 is 1.38 bits per heavy atom. The van der Waals surface area contributed by atoms with Crippen LogP contribution in [0.3, 0.4) is 0 Å². The standard InChI is InChI=1S/C9H18N2O2/c1-3-6(2)9(13)7(10)4-5-8(11)12/h6-7H,3-5,10H2,1-2H3,(H2,11,12)/t6?,7-/m1/s1. The molecule has 0 fully saturated rings. The highest BCUT2D eigenvalue weighted by atomic mass is 16.1. The number of rotatable bonds is 6. The molecule has 0 saturated carbocycles. The van der Waals surface area contributed by atoms with Crippen LogP contribution in [0.5, 0.6) is 0 Å². The molecule has 0 aliphatic heterocycles. The molecule has 2 atom stereocenters. The molecule has 76 valence electrons. The highest BCUT2D eigenvalue weighted by Crippen LogP contribution is 2.07. The van der Waals surface area contributed by atoms with Gasteiger partial charge in [0, 0.05) is 12.3 Å². The van der Waals surface area contributed by atoms with Crippen molar-refractivity contribution >= 4 is 11.7 Å². The van der Waals surface area contributed by atoms with Gasteiger partial charge in [-0.3, -0.25) is 9.59 Å². The number of carbonyl (C=O) groups is 2. The second-order valence-corrected chi connectivity index (χ2v) is 3.32. The van der Waals surface area contributed by atoms with Crippen LogP contribution in [0.25, 0.3) is 0 Å². The van der Waals surface area contributed by atoms with Gasteiger partial charge < -0.3 is 11.5 Å². The lowest BCUT2D eigenvalue weighted by Gasteiger charge is -2.13. The van der Waals surface area contributed by atoms with E-state index in [2.05, 4.69) is 0 Å². The summed E-state index contributed by atoms with van der Waals surface area (Å²) in [7, 11) is 0. The lowest BCUT2D eigenvalue weighted by molar-refractivity contribution is -0.124. The number of ketones is 1. The van der Waals surface area contributed by atoms with Crippen LogP contribution in [0.4, 0.5) is 0 Å². The minimum Gasteiger partial charge on any atom is -0.370 e.